The summed E-state index contributed by atoms with van der Waals surface area (Å²) in [5.41, 5.74) is 6.29. The molecule has 5 nitrogen and oxygen atoms in total. The van der Waals surface area contributed by atoms with Crippen LogP contribution in [-0.2, 0) is 9.53 Å². The predicted octanol–water partition coefficient (Wildman–Crippen LogP) is 4.89. The van der Waals surface area contributed by atoms with E-state index in [-0.39, 0.29) is 5.91 Å². The molecule has 1 atom stereocenters. The van der Waals surface area contributed by atoms with Crippen LogP contribution in [0.25, 0.3) is 5.69 Å². The Bertz CT molecular complexity index is 1010. The summed E-state index contributed by atoms with van der Waals surface area (Å²) in [6, 6.07) is 17.1. The minimum atomic E-state index is -0.907. The molecule has 0 saturated carbocycles. The van der Waals surface area contributed by atoms with E-state index in [0.717, 1.165) is 33.9 Å². The maximum atomic E-state index is 12.5. The van der Waals surface area contributed by atoms with Crippen LogP contribution in [-0.4, -0.2) is 22.5 Å². The lowest BCUT2D eigenvalue weighted by Gasteiger charge is -2.16. The van der Waals surface area contributed by atoms with Crippen molar-refractivity contribution in [2.75, 3.05) is 5.32 Å². The average molecular weight is 390 g/mol. The second kappa shape index (κ2) is 8.35. The van der Waals surface area contributed by atoms with Crippen molar-refractivity contribution in [1.82, 2.24) is 4.57 Å². The van der Waals surface area contributed by atoms with Crippen LogP contribution < -0.4 is 5.32 Å². The number of nitrogens with one attached hydrogen (secondary N) is 1. The molecule has 1 heterocycles. The summed E-state index contributed by atoms with van der Waals surface area (Å²) in [5.74, 6) is -0.882. The third kappa shape index (κ3) is 4.40. The maximum absolute atomic E-state index is 12.5. The molecule has 0 bridgehead atoms. The van der Waals surface area contributed by atoms with Gasteiger partial charge in [-0.05, 0) is 82.1 Å². The highest BCUT2D eigenvalue weighted by molar-refractivity contribution is 5.98. The van der Waals surface area contributed by atoms with E-state index < -0.39 is 12.1 Å². The number of hydrogen-bond acceptors (Lipinski definition) is 3. The van der Waals surface area contributed by atoms with Crippen LogP contribution in [0, 0.1) is 27.7 Å². The molecule has 150 valence electrons. The summed E-state index contributed by atoms with van der Waals surface area (Å²) < 4.78 is 7.48. The van der Waals surface area contributed by atoms with Crippen LogP contribution in [0.5, 0.6) is 0 Å². The van der Waals surface area contributed by atoms with Crippen LogP contribution in [0.15, 0.2) is 54.6 Å². The number of carbonyl (C=O) groups excluding carboxylic acids is 2. The van der Waals surface area contributed by atoms with E-state index in [2.05, 4.69) is 9.88 Å². The van der Waals surface area contributed by atoms with Crippen LogP contribution in [0.3, 0.4) is 0 Å². The molecule has 0 saturated heterocycles. The SMILES string of the molecule is Cc1cccc(C)c1NC(=O)C(C)OC(=O)c1ccc(-n2c(C)ccc2C)cc1. The van der Waals surface area contributed by atoms with E-state index in [1.54, 1.807) is 19.1 Å². The summed E-state index contributed by atoms with van der Waals surface area (Å²) in [6.07, 6.45) is -0.907. The van der Waals surface area contributed by atoms with Crippen molar-refractivity contribution in [3.63, 3.8) is 0 Å². The van der Waals surface area contributed by atoms with Crippen molar-refractivity contribution in [2.24, 2.45) is 0 Å². The molecule has 0 aliphatic heterocycles. The molecule has 3 rings (SSSR count). The molecule has 0 aliphatic carbocycles. The largest absolute Gasteiger partial charge is 0.449 e. The zero-order valence-corrected chi connectivity index (χ0v) is 17.4. The lowest BCUT2D eigenvalue weighted by atomic mass is 10.1. The maximum Gasteiger partial charge on any atom is 0.338 e. The number of amides is 1. The van der Waals surface area contributed by atoms with Crippen molar-refractivity contribution < 1.29 is 14.3 Å². The van der Waals surface area contributed by atoms with Gasteiger partial charge in [0.15, 0.2) is 6.10 Å². The van der Waals surface area contributed by atoms with Gasteiger partial charge in [-0.1, -0.05) is 18.2 Å². The first-order valence-corrected chi connectivity index (χ1v) is 9.61. The van der Waals surface area contributed by atoms with Gasteiger partial charge in [-0.3, -0.25) is 4.79 Å². The minimum Gasteiger partial charge on any atom is -0.449 e. The molecule has 2 aromatic carbocycles. The van der Waals surface area contributed by atoms with Gasteiger partial charge in [-0.25, -0.2) is 4.79 Å². The molecule has 1 amide bonds. The van der Waals surface area contributed by atoms with E-state index in [0.29, 0.717) is 5.56 Å². The Morgan fingerprint density at radius 3 is 1.97 bits per heavy atom. The van der Waals surface area contributed by atoms with Gasteiger partial charge in [-0.2, -0.15) is 0 Å². The van der Waals surface area contributed by atoms with Crippen molar-refractivity contribution in [2.45, 2.75) is 40.7 Å². The second-order valence-electron chi connectivity index (χ2n) is 7.30. The van der Waals surface area contributed by atoms with Crippen molar-refractivity contribution in [3.05, 3.63) is 82.7 Å². The highest BCUT2D eigenvalue weighted by atomic mass is 16.5. The Hall–Kier alpha value is -3.34. The standard InChI is InChI=1S/C24H26N2O3/c1-15-7-6-8-16(2)22(15)25-23(27)19(5)29-24(28)20-11-13-21(14-12-20)26-17(3)9-10-18(26)4/h6-14,19H,1-5H3,(H,25,27). The van der Waals surface area contributed by atoms with Gasteiger partial charge in [0.25, 0.3) is 5.91 Å². The lowest BCUT2D eigenvalue weighted by Crippen LogP contribution is -2.30. The summed E-state index contributed by atoms with van der Waals surface area (Å²) in [7, 11) is 0. The molecule has 1 N–H and O–H groups in total. The third-order valence-electron chi connectivity index (χ3n) is 5.01. The van der Waals surface area contributed by atoms with Gasteiger partial charge in [0.05, 0.1) is 5.56 Å². The third-order valence-corrected chi connectivity index (χ3v) is 5.01. The number of aryl methyl sites for hydroxylation is 4. The highest BCUT2D eigenvalue weighted by Gasteiger charge is 2.20. The normalized spacial score (nSPS) is 11.8. The van der Waals surface area contributed by atoms with Crippen LogP contribution >= 0.6 is 0 Å². The number of ether oxygens (including phenoxy) is 1. The average Bonchev–Trinajstić information content (AvgIpc) is 3.03. The number of esters is 1. The minimum absolute atomic E-state index is 0.356. The number of anilines is 1. The monoisotopic (exact) mass is 390 g/mol. The number of nitrogens with zero attached hydrogens (tertiary/aromatic N) is 1. The number of aromatic nitrogens is 1. The Morgan fingerprint density at radius 2 is 1.41 bits per heavy atom. The summed E-state index contributed by atoms with van der Waals surface area (Å²) >= 11 is 0. The van der Waals surface area contributed by atoms with Gasteiger partial charge in [0.2, 0.25) is 0 Å². The summed E-state index contributed by atoms with van der Waals surface area (Å²) in [5, 5.41) is 2.86. The summed E-state index contributed by atoms with van der Waals surface area (Å²) in [6.45, 7) is 9.49. The molecule has 1 unspecified atom stereocenters. The fourth-order valence-corrected chi connectivity index (χ4v) is 3.34. The van der Waals surface area contributed by atoms with E-state index >= 15 is 0 Å². The molecule has 29 heavy (non-hydrogen) atoms. The molecule has 0 radical (unpaired) electrons. The molecule has 0 aliphatic rings. The van der Waals surface area contributed by atoms with Crippen molar-refractivity contribution in [3.8, 4) is 5.69 Å². The molecule has 5 heteroatoms. The lowest BCUT2D eigenvalue weighted by molar-refractivity contribution is -0.123. The highest BCUT2D eigenvalue weighted by Crippen LogP contribution is 2.20. The fourth-order valence-electron chi connectivity index (χ4n) is 3.34. The smallest absolute Gasteiger partial charge is 0.338 e. The van der Waals surface area contributed by atoms with Crippen molar-refractivity contribution >= 4 is 17.6 Å². The molecular formula is C24H26N2O3. The topological polar surface area (TPSA) is 60.3 Å². The molecule has 0 spiro atoms. The zero-order chi connectivity index (χ0) is 21.1. The quantitative estimate of drug-likeness (QED) is 0.631. The van der Waals surface area contributed by atoms with E-state index in [9.17, 15) is 9.59 Å². The van der Waals surface area contributed by atoms with Gasteiger partial charge in [0.1, 0.15) is 0 Å². The van der Waals surface area contributed by atoms with Crippen LogP contribution in [0.1, 0.15) is 39.8 Å². The molecular weight excluding hydrogens is 364 g/mol. The van der Waals surface area contributed by atoms with Gasteiger partial charge in [0, 0.05) is 22.8 Å². The number of para-hydroxylation sites is 1. The Kier molecular flexibility index (Phi) is 5.87. The van der Waals surface area contributed by atoms with E-state index in [1.165, 1.54) is 0 Å². The molecule has 1 aromatic heterocycles. The van der Waals surface area contributed by atoms with Gasteiger partial charge >= 0.3 is 5.97 Å². The Labute approximate surface area is 171 Å². The fraction of sp³-hybridized carbons (Fsp3) is 0.250. The molecule has 0 fully saturated rings. The summed E-state index contributed by atoms with van der Waals surface area (Å²) in [4.78, 5) is 24.9. The Morgan fingerprint density at radius 1 is 0.862 bits per heavy atom. The number of carbonyl (C=O) groups is 2. The number of rotatable bonds is 5. The first-order chi connectivity index (χ1) is 13.8. The van der Waals surface area contributed by atoms with Gasteiger partial charge in [-0.15, -0.1) is 0 Å². The van der Waals surface area contributed by atoms with E-state index in [1.807, 2.05) is 70.2 Å². The Balaban J connectivity index is 1.67. The first kappa shape index (κ1) is 20.4. The van der Waals surface area contributed by atoms with Crippen molar-refractivity contribution in [1.29, 1.82) is 0 Å². The predicted molar refractivity (Wildman–Crippen MR) is 115 cm³/mol. The second-order valence-corrected chi connectivity index (χ2v) is 7.30. The van der Waals surface area contributed by atoms with Gasteiger partial charge < -0.3 is 14.6 Å². The number of benzene rings is 2. The van der Waals surface area contributed by atoms with Crippen LogP contribution in [0.2, 0.25) is 0 Å². The first-order valence-electron chi connectivity index (χ1n) is 9.61. The molecule has 3 aromatic rings. The van der Waals surface area contributed by atoms with E-state index in [4.69, 9.17) is 4.74 Å². The number of hydrogen-bond donors (Lipinski definition) is 1. The van der Waals surface area contributed by atoms with Crippen LogP contribution in [0.4, 0.5) is 5.69 Å². The zero-order valence-electron chi connectivity index (χ0n) is 17.4.